The van der Waals surface area contributed by atoms with Gasteiger partial charge in [0, 0.05) is 32.1 Å². The first kappa shape index (κ1) is 18.2. The number of anilines is 1. The number of piperidine rings is 2. The van der Waals surface area contributed by atoms with Crippen molar-refractivity contribution in [2.75, 3.05) is 38.2 Å². The molecule has 0 unspecified atom stereocenters. The van der Waals surface area contributed by atoms with Gasteiger partial charge in [0.15, 0.2) is 0 Å². The van der Waals surface area contributed by atoms with Gasteiger partial charge in [-0.15, -0.1) is 10.2 Å². The largest absolute Gasteiger partial charge is 0.481 e. The maximum atomic E-state index is 5.24. The Kier molecular flexibility index (Phi) is 5.52. The molecule has 0 aliphatic carbocycles. The van der Waals surface area contributed by atoms with Gasteiger partial charge in [0.2, 0.25) is 5.88 Å². The minimum absolute atomic E-state index is 0.368. The third-order valence-electron chi connectivity index (χ3n) is 5.76. The number of methoxy groups -OCH3 is 1. The zero-order valence-electron chi connectivity index (χ0n) is 16.3. The lowest BCUT2D eigenvalue weighted by Crippen LogP contribution is -2.36. The lowest BCUT2D eigenvalue weighted by atomic mass is 9.97. The molecular formula is C19H29N7O. The third-order valence-corrected chi connectivity index (χ3v) is 5.76. The second-order valence-electron chi connectivity index (χ2n) is 7.57. The zero-order valence-corrected chi connectivity index (χ0v) is 16.3. The highest BCUT2D eigenvalue weighted by Gasteiger charge is 2.27. The van der Waals surface area contributed by atoms with Crippen molar-refractivity contribution in [2.24, 2.45) is 7.05 Å². The fourth-order valence-corrected chi connectivity index (χ4v) is 4.20. The Labute approximate surface area is 160 Å². The smallest absolute Gasteiger partial charge is 0.218 e. The molecule has 0 amide bonds. The Balaban J connectivity index is 1.46. The molecular weight excluding hydrogens is 342 g/mol. The summed E-state index contributed by atoms with van der Waals surface area (Å²) in [5.74, 6) is 4.06. The predicted molar refractivity (Wildman–Crippen MR) is 103 cm³/mol. The Morgan fingerprint density at radius 2 is 1.93 bits per heavy atom. The van der Waals surface area contributed by atoms with Crippen LogP contribution in [0.25, 0.3) is 0 Å². The Bertz CT molecular complexity index is 756. The van der Waals surface area contributed by atoms with E-state index in [9.17, 15) is 0 Å². The molecule has 146 valence electrons. The van der Waals surface area contributed by atoms with Gasteiger partial charge >= 0.3 is 0 Å². The minimum atomic E-state index is 0.368. The van der Waals surface area contributed by atoms with Crippen molar-refractivity contribution in [2.45, 2.75) is 44.6 Å². The van der Waals surface area contributed by atoms with Gasteiger partial charge in [-0.1, -0.05) is 6.42 Å². The summed E-state index contributed by atoms with van der Waals surface area (Å²) in [6.45, 7) is 5.15. The summed E-state index contributed by atoms with van der Waals surface area (Å²) < 4.78 is 7.45. The SMILES string of the molecule is COc1cc(N2CCC[C@H](c3nnc(CN4CCCCC4)n3C)C2)ncn1. The van der Waals surface area contributed by atoms with Gasteiger partial charge < -0.3 is 14.2 Å². The van der Waals surface area contributed by atoms with Crippen LogP contribution >= 0.6 is 0 Å². The van der Waals surface area contributed by atoms with Crippen molar-refractivity contribution in [3.05, 3.63) is 24.0 Å². The highest BCUT2D eigenvalue weighted by atomic mass is 16.5. The molecule has 4 rings (SSSR count). The average molecular weight is 371 g/mol. The van der Waals surface area contributed by atoms with E-state index in [0.29, 0.717) is 11.8 Å². The van der Waals surface area contributed by atoms with E-state index in [2.05, 4.69) is 41.6 Å². The number of hydrogen-bond acceptors (Lipinski definition) is 7. The fourth-order valence-electron chi connectivity index (χ4n) is 4.20. The standard InChI is InChI=1S/C19H29N7O/c1-24-17(13-25-8-4-3-5-9-25)22-23-19(24)15-7-6-10-26(12-15)16-11-18(27-2)21-14-20-16/h11,14-15H,3-10,12-13H2,1-2H3/t15-/m0/s1. The van der Waals surface area contributed by atoms with Crippen LogP contribution in [0.1, 0.15) is 49.7 Å². The third kappa shape index (κ3) is 4.05. The highest BCUT2D eigenvalue weighted by molar-refractivity contribution is 5.41. The van der Waals surface area contributed by atoms with Crippen molar-refractivity contribution in [1.29, 1.82) is 0 Å². The van der Waals surface area contributed by atoms with E-state index in [1.165, 1.54) is 32.4 Å². The first-order valence-corrected chi connectivity index (χ1v) is 9.96. The van der Waals surface area contributed by atoms with Gasteiger partial charge in [-0.25, -0.2) is 9.97 Å². The van der Waals surface area contributed by atoms with Gasteiger partial charge in [-0.05, 0) is 38.8 Å². The number of nitrogens with zero attached hydrogens (tertiary/aromatic N) is 7. The van der Waals surface area contributed by atoms with E-state index in [1.54, 1.807) is 13.4 Å². The highest BCUT2D eigenvalue weighted by Crippen LogP contribution is 2.29. The summed E-state index contributed by atoms with van der Waals surface area (Å²) in [6, 6.07) is 1.90. The molecule has 2 aliphatic heterocycles. The van der Waals surface area contributed by atoms with Crippen LogP contribution in [0.15, 0.2) is 12.4 Å². The monoisotopic (exact) mass is 371 g/mol. The van der Waals surface area contributed by atoms with Gasteiger partial charge in [-0.2, -0.15) is 0 Å². The molecule has 2 aromatic rings. The van der Waals surface area contributed by atoms with Crippen molar-refractivity contribution >= 4 is 5.82 Å². The number of hydrogen-bond donors (Lipinski definition) is 0. The van der Waals surface area contributed by atoms with Crippen molar-refractivity contribution in [3.63, 3.8) is 0 Å². The lowest BCUT2D eigenvalue weighted by molar-refractivity contribution is 0.213. The van der Waals surface area contributed by atoms with E-state index in [1.807, 2.05) is 6.07 Å². The quantitative estimate of drug-likeness (QED) is 0.796. The molecule has 2 fully saturated rings. The number of rotatable bonds is 5. The van der Waals surface area contributed by atoms with Gasteiger partial charge in [0.25, 0.3) is 0 Å². The van der Waals surface area contributed by atoms with E-state index in [4.69, 9.17) is 4.74 Å². The van der Waals surface area contributed by atoms with Crippen LogP contribution in [0.2, 0.25) is 0 Å². The van der Waals surface area contributed by atoms with Crippen molar-refractivity contribution < 1.29 is 4.74 Å². The van der Waals surface area contributed by atoms with Gasteiger partial charge in [-0.3, -0.25) is 4.90 Å². The van der Waals surface area contributed by atoms with Crippen LogP contribution in [-0.4, -0.2) is 62.9 Å². The van der Waals surface area contributed by atoms with Crippen molar-refractivity contribution in [1.82, 2.24) is 29.6 Å². The summed E-state index contributed by atoms with van der Waals surface area (Å²) in [5, 5.41) is 9.09. The van der Waals surface area contributed by atoms with Crippen LogP contribution in [0.4, 0.5) is 5.82 Å². The summed E-state index contributed by atoms with van der Waals surface area (Å²) >= 11 is 0. The van der Waals surface area contributed by atoms with Crippen LogP contribution < -0.4 is 9.64 Å². The molecule has 0 radical (unpaired) electrons. The fraction of sp³-hybridized carbons (Fsp3) is 0.684. The molecule has 4 heterocycles. The maximum absolute atomic E-state index is 5.24. The molecule has 0 aromatic carbocycles. The molecule has 0 saturated carbocycles. The molecule has 0 spiro atoms. The minimum Gasteiger partial charge on any atom is -0.481 e. The zero-order chi connectivity index (χ0) is 18.6. The normalized spacial score (nSPS) is 21.4. The van der Waals surface area contributed by atoms with Crippen LogP contribution in [-0.2, 0) is 13.6 Å². The summed E-state index contributed by atoms with van der Waals surface area (Å²) in [4.78, 5) is 13.3. The van der Waals surface area contributed by atoms with Crippen LogP contribution in [0, 0.1) is 0 Å². The van der Waals surface area contributed by atoms with Gasteiger partial charge in [0.1, 0.15) is 23.8 Å². The number of aromatic nitrogens is 5. The first-order valence-electron chi connectivity index (χ1n) is 9.96. The lowest BCUT2D eigenvalue weighted by Gasteiger charge is -2.33. The average Bonchev–Trinajstić information content (AvgIpc) is 3.09. The van der Waals surface area contributed by atoms with E-state index in [0.717, 1.165) is 49.9 Å². The molecule has 2 saturated heterocycles. The van der Waals surface area contributed by atoms with E-state index in [-0.39, 0.29) is 0 Å². The van der Waals surface area contributed by atoms with Crippen LogP contribution in [0.5, 0.6) is 5.88 Å². The first-order chi connectivity index (χ1) is 13.2. The van der Waals surface area contributed by atoms with E-state index < -0.39 is 0 Å². The summed E-state index contributed by atoms with van der Waals surface area (Å²) in [5.41, 5.74) is 0. The molecule has 8 heteroatoms. The molecule has 27 heavy (non-hydrogen) atoms. The topological polar surface area (TPSA) is 72.2 Å². The second-order valence-corrected chi connectivity index (χ2v) is 7.57. The number of ether oxygens (including phenoxy) is 1. The van der Waals surface area contributed by atoms with Gasteiger partial charge in [0.05, 0.1) is 13.7 Å². The maximum Gasteiger partial charge on any atom is 0.218 e. The number of likely N-dealkylation sites (tertiary alicyclic amines) is 1. The summed E-state index contributed by atoms with van der Waals surface area (Å²) in [7, 11) is 3.75. The summed E-state index contributed by atoms with van der Waals surface area (Å²) in [6.07, 6.45) is 7.76. The molecule has 2 aliphatic rings. The van der Waals surface area contributed by atoms with Crippen molar-refractivity contribution in [3.8, 4) is 5.88 Å². The predicted octanol–water partition coefficient (Wildman–Crippen LogP) is 1.98. The van der Waals surface area contributed by atoms with Crippen LogP contribution in [0.3, 0.4) is 0 Å². The Hall–Kier alpha value is -2.22. The molecule has 0 bridgehead atoms. The molecule has 1 atom stereocenters. The Morgan fingerprint density at radius 3 is 2.74 bits per heavy atom. The Morgan fingerprint density at radius 1 is 1.07 bits per heavy atom. The molecule has 0 N–H and O–H groups in total. The molecule has 8 nitrogen and oxygen atoms in total. The van der Waals surface area contributed by atoms with E-state index >= 15 is 0 Å². The molecule has 2 aromatic heterocycles. The second kappa shape index (κ2) is 8.21.